The zero-order valence-electron chi connectivity index (χ0n) is 14.4. The SMILES string of the molecule is COc1ccc(/C=c2/sc3n(c2=O)NC2(CCC(C)CC2)NN=3)cc1. The molecule has 0 radical (unpaired) electrons. The van der Waals surface area contributed by atoms with Crippen molar-refractivity contribution in [2.45, 2.75) is 38.3 Å². The van der Waals surface area contributed by atoms with Crippen LogP contribution in [0.2, 0.25) is 0 Å². The smallest absolute Gasteiger partial charge is 0.289 e. The summed E-state index contributed by atoms with van der Waals surface area (Å²) in [6.45, 7) is 2.27. The van der Waals surface area contributed by atoms with E-state index in [1.807, 2.05) is 30.3 Å². The number of rotatable bonds is 2. The summed E-state index contributed by atoms with van der Waals surface area (Å²) in [6, 6.07) is 7.65. The molecule has 2 aromatic rings. The lowest BCUT2D eigenvalue weighted by atomic mass is 9.83. The monoisotopic (exact) mass is 358 g/mol. The van der Waals surface area contributed by atoms with Gasteiger partial charge in [-0.1, -0.05) is 30.4 Å². The van der Waals surface area contributed by atoms with Crippen molar-refractivity contribution in [2.24, 2.45) is 11.0 Å². The van der Waals surface area contributed by atoms with Crippen LogP contribution >= 0.6 is 11.3 Å². The fourth-order valence-electron chi connectivity index (χ4n) is 3.37. The van der Waals surface area contributed by atoms with E-state index in [1.54, 1.807) is 11.8 Å². The van der Waals surface area contributed by atoms with Crippen LogP contribution in [0.4, 0.5) is 0 Å². The van der Waals surface area contributed by atoms with E-state index in [0.717, 1.165) is 42.9 Å². The van der Waals surface area contributed by atoms with E-state index in [-0.39, 0.29) is 11.2 Å². The molecule has 0 amide bonds. The molecule has 1 aromatic heterocycles. The van der Waals surface area contributed by atoms with Gasteiger partial charge in [-0.25, -0.2) is 0 Å². The van der Waals surface area contributed by atoms with E-state index in [1.165, 1.54) is 11.3 Å². The van der Waals surface area contributed by atoms with Gasteiger partial charge in [-0.2, -0.15) is 4.68 Å². The highest BCUT2D eigenvalue weighted by Crippen LogP contribution is 2.31. The molecule has 0 saturated heterocycles. The minimum absolute atomic E-state index is 0.0425. The second-order valence-corrected chi connectivity index (χ2v) is 7.92. The molecule has 0 unspecified atom stereocenters. The molecule has 0 atom stereocenters. The van der Waals surface area contributed by atoms with Gasteiger partial charge in [-0.05, 0) is 55.4 Å². The summed E-state index contributed by atoms with van der Waals surface area (Å²) in [5.41, 5.74) is 7.29. The van der Waals surface area contributed by atoms with E-state index < -0.39 is 0 Å². The number of nitrogens with one attached hydrogen (secondary N) is 2. The summed E-state index contributed by atoms with van der Waals surface area (Å²) in [6.07, 6.45) is 6.10. The van der Waals surface area contributed by atoms with Crippen LogP contribution in [-0.4, -0.2) is 17.4 Å². The van der Waals surface area contributed by atoms with Gasteiger partial charge in [-0.15, -0.1) is 5.10 Å². The van der Waals surface area contributed by atoms with Gasteiger partial charge in [0.25, 0.3) is 5.56 Å². The molecule has 1 fully saturated rings. The molecular formula is C18H22N4O2S. The third-order valence-electron chi connectivity index (χ3n) is 5.04. The quantitative estimate of drug-likeness (QED) is 0.850. The second-order valence-electron chi connectivity index (χ2n) is 6.91. The molecule has 7 heteroatoms. The first-order valence-electron chi connectivity index (χ1n) is 8.59. The van der Waals surface area contributed by atoms with E-state index in [9.17, 15) is 4.79 Å². The lowest BCUT2D eigenvalue weighted by Gasteiger charge is -2.41. The number of benzene rings is 1. The number of fused-ring (bicyclic) bond motifs is 1. The first kappa shape index (κ1) is 16.2. The number of ether oxygens (including phenoxy) is 1. The maximum atomic E-state index is 12.8. The lowest BCUT2D eigenvalue weighted by molar-refractivity contribution is 0.195. The topological polar surface area (TPSA) is 67.7 Å². The molecule has 1 aromatic carbocycles. The predicted octanol–water partition coefficient (Wildman–Crippen LogP) is 1.33. The maximum absolute atomic E-state index is 12.8. The maximum Gasteiger partial charge on any atom is 0.289 e. The number of thiazole rings is 1. The first-order chi connectivity index (χ1) is 12.1. The fraction of sp³-hybridized carbons (Fsp3) is 0.444. The molecule has 0 bridgehead atoms. The molecule has 2 heterocycles. The van der Waals surface area contributed by atoms with E-state index in [4.69, 9.17) is 4.74 Å². The Hall–Kier alpha value is -2.28. The molecule has 1 aliphatic carbocycles. The van der Waals surface area contributed by atoms with E-state index in [0.29, 0.717) is 9.33 Å². The Morgan fingerprint density at radius 3 is 2.72 bits per heavy atom. The highest BCUT2D eigenvalue weighted by molar-refractivity contribution is 7.07. The Labute approximate surface area is 149 Å². The number of hydrogen-bond acceptors (Lipinski definition) is 6. The molecule has 2 N–H and O–H groups in total. The fourth-order valence-corrected chi connectivity index (χ4v) is 4.25. The molecule has 1 spiro atoms. The minimum Gasteiger partial charge on any atom is -0.497 e. The van der Waals surface area contributed by atoms with Gasteiger partial charge in [0.2, 0.25) is 4.80 Å². The summed E-state index contributed by atoms with van der Waals surface area (Å²) < 4.78 is 7.44. The van der Waals surface area contributed by atoms with Gasteiger partial charge in [0.15, 0.2) is 0 Å². The van der Waals surface area contributed by atoms with Crippen molar-refractivity contribution in [3.8, 4) is 5.75 Å². The van der Waals surface area contributed by atoms with Crippen molar-refractivity contribution in [2.75, 3.05) is 12.5 Å². The van der Waals surface area contributed by atoms with E-state index >= 15 is 0 Å². The molecule has 1 aliphatic heterocycles. The molecule has 25 heavy (non-hydrogen) atoms. The molecule has 4 rings (SSSR count). The highest BCUT2D eigenvalue weighted by atomic mass is 32.1. The third-order valence-corrected chi connectivity index (χ3v) is 6.01. The normalized spacial score (nSPS) is 25.7. The first-order valence-corrected chi connectivity index (χ1v) is 9.41. The van der Waals surface area contributed by atoms with Gasteiger partial charge in [0, 0.05) is 0 Å². The van der Waals surface area contributed by atoms with Crippen LogP contribution in [0.25, 0.3) is 6.08 Å². The minimum atomic E-state index is -0.290. The zero-order valence-corrected chi connectivity index (χ0v) is 15.2. The standard InChI is InChI=1S/C18H22N4O2S/c1-12-7-9-18(10-8-12)20-19-17-22(21-18)16(23)15(25-17)11-13-3-5-14(24-2)6-4-13/h3-6,11-12,20-21H,7-10H2,1-2H3/b15-11+. The van der Waals surface area contributed by atoms with Crippen LogP contribution < -0.4 is 30.5 Å². The van der Waals surface area contributed by atoms with Crippen molar-refractivity contribution in [1.82, 2.24) is 10.1 Å². The zero-order chi connectivity index (χ0) is 17.4. The van der Waals surface area contributed by atoms with Crippen LogP contribution in [0.5, 0.6) is 5.75 Å². The van der Waals surface area contributed by atoms with Crippen LogP contribution in [0, 0.1) is 5.92 Å². The average Bonchev–Trinajstić information content (AvgIpc) is 2.94. The lowest BCUT2D eigenvalue weighted by Crippen LogP contribution is -2.62. The van der Waals surface area contributed by atoms with Crippen LogP contribution in [-0.2, 0) is 0 Å². The van der Waals surface area contributed by atoms with Gasteiger partial charge in [-0.3, -0.25) is 15.6 Å². The second kappa shape index (κ2) is 6.22. The molecule has 2 aliphatic rings. The highest BCUT2D eigenvalue weighted by Gasteiger charge is 2.36. The van der Waals surface area contributed by atoms with Crippen LogP contribution in [0.15, 0.2) is 34.2 Å². The van der Waals surface area contributed by atoms with Crippen molar-refractivity contribution in [1.29, 1.82) is 0 Å². The molecular weight excluding hydrogens is 336 g/mol. The average molecular weight is 358 g/mol. The summed E-state index contributed by atoms with van der Waals surface area (Å²) >= 11 is 1.39. The van der Waals surface area contributed by atoms with Crippen molar-refractivity contribution < 1.29 is 4.74 Å². The molecule has 132 valence electrons. The van der Waals surface area contributed by atoms with Crippen molar-refractivity contribution in [3.05, 3.63) is 49.5 Å². The number of methoxy groups -OCH3 is 1. The van der Waals surface area contributed by atoms with Crippen LogP contribution in [0.1, 0.15) is 38.2 Å². The summed E-state index contributed by atoms with van der Waals surface area (Å²) in [5.74, 6) is 1.53. The number of aromatic nitrogens is 1. The molecule has 1 saturated carbocycles. The Morgan fingerprint density at radius 1 is 1.32 bits per heavy atom. The van der Waals surface area contributed by atoms with E-state index in [2.05, 4.69) is 22.9 Å². The predicted molar refractivity (Wildman–Crippen MR) is 98.8 cm³/mol. The largest absolute Gasteiger partial charge is 0.497 e. The van der Waals surface area contributed by atoms with Gasteiger partial charge < -0.3 is 4.74 Å². The number of nitrogens with zero attached hydrogens (tertiary/aromatic N) is 2. The summed E-state index contributed by atoms with van der Waals surface area (Å²) in [4.78, 5) is 13.5. The van der Waals surface area contributed by atoms with Crippen LogP contribution in [0.3, 0.4) is 0 Å². The summed E-state index contributed by atoms with van der Waals surface area (Å²) in [7, 11) is 1.64. The van der Waals surface area contributed by atoms with Gasteiger partial charge >= 0.3 is 0 Å². The summed E-state index contributed by atoms with van der Waals surface area (Å²) in [5, 5.41) is 4.47. The number of hydrogen-bond donors (Lipinski definition) is 2. The Morgan fingerprint density at radius 2 is 2.04 bits per heavy atom. The Bertz CT molecular complexity index is 937. The Kier molecular flexibility index (Phi) is 4.03. The van der Waals surface area contributed by atoms with Gasteiger partial charge in [0.1, 0.15) is 11.4 Å². The van der Waals surface area contributed by atoms with Gasteiger partial charge in [0.05, 0.1) is 11.6 Å². The third kappa shape index (κ3) is 3.04. The Balaban J connectivity index is 1.67. The molecule has 6 nitrogen and oxygen atoms in total. The van der Waals surface area contributed by atoms with Crippen molar-refractivity contribution >= 4 is 17.4 Å². The van der Waals surface area contributed by atoms with Crippen molar-refractivity contribution in [3.63, 3.8) is 0 Å².